The average Bonchev–Trinajstić information content (AvgIpc) is 3.59. The molecule has 0 N–H and O–H groups in total. The van der Waals surface area contributed by atoms with Gasteiger partial charge >= 0.3 is 0 Å². The van der Waals surface area contributed by atoms with E-state index in [4.69, 9.17) is 4.74 Å². The Morgan fingerprint density at radius 3 is 2.05 bits per heavy atom. The van der Waals surface area contributed by atoms with Gasteiger partial charge in [-0.1, -0.05) is 56.3 Å². The number of carbonyl (C=O) groups excluding carboxylic acids is 3. The van der Waals surface area contributed by atoms with Crippen molar-refractivity contribution < 1.29 is 24.2 Å². The number of aliphatic carboxylic acids is 1. The maximum atomic E-state index is 13.3. The van der Waals surface area contributed by atoms with Gasteiger partial charge in [-0.2, -0.15) is 10.3 Å². The highest BCUT2D eigenvalue weighted by Crippen LogP contribution is 2.84. The molecule has 3 aliphatic rings. The Morgan fingerprint density at radius 2 is 1.48 bits per heavy atom. The normalized spacial score (nSPS) is 28.9. The second-order valence-electron chi connectivity index (χ2n) is 11.8. The van der Waals surface area contributed by atoms with Crippen LogP contribution in [-0.4, -0.2) is 39.4 Å². The number of carboxylic acid groups (broad SMARTS) is 1. The lowest BCUT2D eigenvalue weighted by Gasteiger charge is -2.24. The molecule has 202 valence electrons. The zero-order chi connectivity index (χ0) is 28.7. The van der Waals surface area contributed by atoms with E-state index in [-0.39, 0.29) is 17.5 Å². The van der Waals surface area contributed by atoms with Gasteiger partial charge in [-0.25, -0.2) is 5.01 Å². The summed E-state index contributed by atoms with van der Waals surface area (Å²) in [5.74, 6) is -1.11. The third-order valence-corrected chi connectivity index (χ3v) is 9.37. The van der Waals surface area contributed by atoms with E-state index in [2.05, 4.69) is 6.07 Å². The van der Waals surface area contributed by atoms with Crippen LogP contribution in [0.4, 0.5) is 0 Å². The predicted octanol–water partition coefficient (Wildman–Crippen LogP) is 3.98. The second kappa shape index (κ2) is 8.26. The van der Waals surface area contributed by atoms with Crippen LogP contribution < -0.4 is 9.84 Å². The summed E-state index contributed by atoms with van der Waals surface area (Å²) in [6, 6.07) is 24.6. The summed E-state index contributed by atoms with van der Waals surface area (Å²) in [5.41, 5.74) is -3.67. The van der Waals surface area contributed by atoms with E-state index < -0.39 is 45.6 Å². The number of hydrogen-bond acceptors (Lipinski definition) is 7. The van der Waals surface area contributed by atoms with Crippen LogP contribution in [0.25, 0.3) is 0 Å². The molecule has 8 nitrogen and oxygen atoms in total. The standard InChI is InChI=1S/C32H29N3O5/c1-29(2)27(35(29)34-25(36)23-15-8-9-16-24(23)26(34)37)32(19-33)30(3,4)31(32,28(38)39)18-20-11-10-14-22(17-20)40-21-12-6-5-7-13-21/h5-17,27H,18H2,1-4H3,(H,38,39)/p-1. The molecule has 2 fully saturated rings. The van der Waals surface area contributed by atoms with Gasteiger partial charge in [0.2, 0.25) is 0 Å². The number of fused-ring (bicyclic) bond motifs is 1. The Hall–Kier alpha value is -4.48. The molecule has 3 aromatic rings. The van der Waals surface area contributed by atoms with Crippen LogP contribution in [0.1, 0.15) is 54.0 Å². The van der Waals surface area contributed by atoms with Gasteiger partial charge in [0, 0.05) is 5.41 Å². The number of carbonyl (C=O) groups is 3. The van der Waals surface area contributed by atoms with E-state index in [1.807, 2.05) is 44.2 Å². The fraction of sp³-hybridized carbons (Fsp3) is 0.312. The lowest BCUT2D eigenvalue weighted by molar-refractivity contribution is -0.316. The molecule has 4 unspecified atom stereocenters. The zero-order valence-electron chi connectivity index (χ0n) is 22.7. The number of rotatable bonds is 7. The summed E-state index contributed by atoms with van der Waals surface area (Å²) in [6.07, 6.45) is 0.0183. The summed E-state index contributed by atoms with van der Waals surface area (Å²) >= 11 is 0. The minimum Gasteiger partial charge on any atom is -0.549 e. The molecule has 6 rings (SSSR count). The number of carboxylic acids is 1. The number of para-hydroxylation sites is 1. The Kier molecular flexibility index (Phi) is 5.32. The fourth-order valence-corrected chi connectivity index (χ4v) is 7.30. The monoisotopic (exact) mass is 534 g/mol. The lowest BCUT2D eigenvalue weighted by atomic mass is 9.82. The van der Waals surface area contributed by atoms with Crippen molar-refractivity contribution >= 4 is 17.8 Å². The third-order valence-electron chi connectivity index (χ3n) is 9.37. The van der Waals surface area contributed by atoms with Crippen LogP contribution in [0.5, 0.6) is 11.5 Å². The molecular weight excluding hydrogens is 506 g/mol. The molecule has 1 saturated carbocycles. The molecule has 40 heavy (non-hydrogen) atoms. The summed E-state index contributed by atoms with van der Waals surface area (Å²) in [7, 11) is 0. The molecule has 4 atom stereocenters. The van der Waals surface area contributed by atoms with Crippen molar-refractivity contribution in [3.05, 3.63) is 95.6 Å². The first-order chi connectivity index (χ1) is 19.0. The van der Waals surface area contributed by atoms with E-state index in [0.29, 0.717) is 17.1 Å². The Labute approximate surface area is 232 Å². The van der Waals surface area contributed by atoms with Gasteiger partial charge in [0.1, 0.15) is 11.5 Å². The first-order valence-electron chi connectivity index (χ1n) is 13.2. The molecule has 2 amide bonds. The van der Waals surface area contributed by atoms with Crippen molar-refractivity contribution in [1.82, 2.24) is 10.0 Å². The quantitative estimate of drug-likeness (QED) is 0.333. The Bertz CT molecular complexity index is 1590. The van der Waals surface area contributed by atoms with Crippen LogP contribution in [0.2, 0.25) is 0 Å². The first kappa shape index (κ1) is 25.8. The molecule has 3 aromatic carbocycles. The maximum Gasteiger partial charge on any atom is 0.276 e. The highest BCUT2D eigenvalue weighted by atomic mass is 16.5. The Balaban J connectivity index is 1.37. The summed E-state index contributed by atoms with van der Waals surface area (Å²) in [5, 5.41) is 26.5. The number of hydrogen-bond donors (Lipinski definition) is 0. The number of amides is 2. The van der Waals surface area contributed by atoms with E-state index in [1.54, 1.807) is 67.4 Å². The minimum atomic E-state index is -1.59. The van der Waals surface area contributed by atoms with Crippen molar-refractivity contribution in [2.24, 2.45) is 16.2 Å². The van der Waals surface area contributed by atoms with Crippen LogP contribution in [-0.2, 0) is 11.2 Å². The Morgan fingerprint density at radius 1 is 0.900 bits per heavy atom. The number of imide groups is 1. The molecule has 2 heterocycles. The van der Waals surface area contributed by atoms with Gasteiger partial charge < -0.3 is 14.6 Å². The van der Waals surface area contributed by atoms with Crippen LogP contribution >= 0.6 is 0 Å². The molecule has 2 aliphatic heterocycles. The van der Waals surface area contributed by atoms with Crippen LogP contribution in [0.3, 0.4) is 0 Å². The van der Waals surface area contributed by atoms with E-state index in [0.717, 1.165) is 5.01 Å². The van der Waals surface area contributed by atoms with Gasteiger partial charge in [0.25, 0.3) is 11.8 Å². The minimum absolute atomic E-state index is 0.0183. The highest BCUT2D eigenvalue weighted by molar-refractivity contribution is 6.21. The zero-order valence-corrected chi connectivity index (χ0v) is 22.7. The fourth-order valence-electron chi connectivity index (χ4n) is 7.30. The largest absolute Gasteiger partial charge is 0.549 e. The molecule has 1 saturated heterocycles. The lowest BCUT2D eigenvalue weighted by Crippen LogP contribution is -2.42. The van der Waals surface area contributed by atoms with Gasteiger partial charge in [0.15, 0.2) is 0 Å². The number of nitriles is 1. The number of benzene rings is 3. The van der Waals surface area contributed by atoms with E-state index >= 15 is 0 Å². The molecule has 8 heteroatoms. The van der Waals surface area contributed by atoms with Crippen molar-refractivity contribution in [3.63, 3.8) is 0 Å². The van der Waals surface area contributed by atoms with Gasteiger partial charge in [0.05, 0.1) is 40.2 Å². The molecule has 0 aromatic heterocycles. The molecule has 0 bridgehead atoms. The summed E-state index contributed by atoms with van der Waals surface area (Å²) < 4.78 is 5.96. The second-order valence-corrected chi connectivity index (χ2v) is 11.8. The first-order valence-corrected chi connectivity index (χ1v) is 13.2. The smallest absolute Gasteiger partial charge is 0.276 e. The molecule has 0 radical (unpaired) electrons. The average molecular weight is 535 g/mol. The predicted molar refractivity (Wildman–Crippen MR) is 143 cm³/mol. The highest BCUT2D eigenvalue weighted by Gasteiger charge is 2.92. The van der Waals surface area contributed by atoms with Gasteiger partial charge in [-0.15, -0.1) is 0 Å². The number of hydrazine groups is 1. The number of nitrogens with zero attached hydrogens (tertiary/aromatic N) is 3. The molecular formula is C32H28N3O5-. The topological polar surface area (TPSA) is 114 Å². The van der Waals surface area contributed by atoms with Crippen molar-refractivity contribution in [3.8, 4) is 17.6 Å². The van der Waals surface area contributed by atoms with E-state index in [1.165, 1.54) is 0 Å². The van der Waals surface area contributed by atoms with E-state index in [9.17, 15) is 24.8 Å². The SMILES string of the molecule is CC1(C)C(C2(C#N)C(C)(C)C2(Cc2cccc(Oc3ccccc3)c2)C(=O)[O-])N1N1C(=O)c2ccccc2C1=O. The third kappa shape index (κ3) is 3.07. The summed E-state index contributed by atoms with van der Waals surface area (Å²) in [4.78, 5) is 39.7. The van der Waals surface area contributed by atoms with Crippen molar-refractivity contribution in [2.75, 3.05) is 0 Å². The number of ether oxygens (including phenoxy) is 1. The summed E-state index contributed by atoms with van der Waals surface area (Å²) in [6.45, 7) is 7.16. The van der Waals surface area contributed by atoms with Crippen molar-refractivity contribution in [1.29, 1.82) is 5.26 Å². The van der Waals surface area contributed by atoms with Gasteiger partial charge in [-0.05, 0) is 67.6 Å². The van der Waals surface area contributed by atoms with Crippen LogP contribution in [0.15, 0.2) is 78.9 Å². The maximum absolute atomic E-state index is 13.3. The van der Waals surface area contributed by atoms with Gasteiger partial charge in [-0.3, -0.25) is 9.59 Å². The van der Waals surface area contributed by atoms with Crippen LogP contribution in [0, 0.1) is 27.6 Å². The molecule has 1 aliphatic carbocycles. The van der Waals surface area contributed by atoms with Crippen molar-refractivity contribution in [2.45, 2.75) is 45.7 Å². The molecule has 0 spiro atoms.